The van der Waals surface area contributed by atoms with E-state index in [0.717, 1.165) is 18.1 Å². The summed E-state index contributed by atoms with van der Waals surface area (Å²) in [6.07, 6.45) is 1.12. The van der Waals surface area contributed by atoms with E-state index in [0.29, 0.717) is 12.5 Å². The molecule has 0 radical (unpaired) electrons. The quantitative estimate of drug-likeness (QED) is 0.367. The van der Waals surface area contributed by atoms with Crippen molar-refractivity contribution in [2.75, 3.05) is 7.05 Å². The maximum Gasteiger partial charge on any atom is 0.191 e. The Bertz CT molecular complexity index is 747. The molecule has 0 aliphatic heterocycles. The Hall–Kier alpha value is -1.57. The van der Waals surface area contributed by atoms with Crippen molar-refractivity contribution in [3.8, 4) is 0 Å². The number of benzene rings is 1. The van der Waals surface area contributed by atoms with Gasteiger partial charge >= 0.3 is 0 Å². The third kappa shape index (κ3) is 6.52. The van der Waals surface area contributed by atoms with E-state index in [1.165, 1.54) is 22.4 Å². The van der Waals surface area contributed by atoms with Gasteiger partial charge in [0.15, 0.2) is 5.96 Å². The summed E-state index contributed by atoms with van der Waals surface area (Å²) in [5, 5.41) is 11.3. The summed E-state index contributed by atoms with van der Waals surface area (Å²) in [5.74, 6) is 1.48. The standard InChI is InChI=1S/C21H33N5.HI/c1-14(2)12-18-8-10-19(11-9-18)15(3)24-21(22-6)23-13-20-16(4)25-26(7)17(20)5;/h8-11,14-15H,12-13H2,1-7H3,(H2,22,23,24);1H. The van der Waals surface area contributed by atoms with E-state index in [1.807, 2.05) is 18.7 Å². The molecule has 0 saturated heterocycles. The first-order valence-electron chi connectivity index (χ1n) is 9.36. The Labute approximate surface area is 181 Å². The van der Waals surface area contributed by atoms with E-state index in [9.17, 15) is 0 Å². The maximum atomic E-state index is 4.47. The highest BCUT2D eigenvalue weighted by molar-refractivity contribution is 14.0. The first-order valence-corrected chi connectivity index (χ1v) is 9.36. The van der Waals surface area contributed by atoms with Gasteiger partial charge in [-0.25, -0.2) is 0 Å². The Kier molecular flexibility index (Phi) is 9.29. The highest BCUT2D eigenvalue weighted by Crippen LogP contribution is 2.16. The number of nitrogens with one attached hydrogen (secondary N) is 2. The van der Waals surface area contributed by atoms with Crippen LogP contribution in [0.1, 0.15) is 54.9 Å². The second-order valence-corrected chi connectivity index (χ2v) is 7.40. The molecule has 150 valence electrons. The van der Waals surface area contributed by atoms with Crippen LogP contribution in [0.25, 0.3) is 0 Å². The number of hydrogen-bond acceptors (Lipinski definition) is 2. The fraction of sp³-hybridized carbons (Fsp3) is 0.524. The fourth-order valence-corrected chi connectivity index (χ4v) is 3.14. The molecule has 0 bridgehead atoms. The number of hydrogen-bond donors (Lipinski definition) is 2. The summed E-state index contributed by atoms with van der Waals surface area (Å²) in [5.41, 5.74) is 6.11. The van der Waals surface area contributed by atoms with Crippen molar-refractivity contribution < 1.29 is 0 Å². The van der Waals surface area contributed by atoms with Gasteiger partial charge in [0.25, 0.3) is 0 Å². The molecule has 27 heavy (non-hydrogen) atoms. The van der Waals surface area contributed by atoms with Gasteiger partial charge in [0.2, 0.25) is 0 Å². The largest absolute Gasteiger partial charge is 0.352 e. The topological polar surface area (TPSA) is 54.2 Å². The monoisotopic (exact) mass is 483 g/mol. The molecule has 2 rings (SSSR count). The predicted octanol–water partition coefficient (Wildman–Crippen LogP) is 4.28. The lowest BCUT2D eigenvalue weighted by molar-refractivity contribution is 0.645. The van der Waals surface area contributed by atoms with Crippen LogP contribution in [0.3, 0.4) is 0 Å². The number of guanidine groups is 1. The van der Waals surface area contributed by atoms with Gasteiger partial charge in [0.05, 0.1) is 11.7 Å². The van der Waals surface area contributed by atoms with Gasteiger partial charge in [-0.05, 0) is 44.2 Å². The predicted molar refractivity (Wildman–Crippen MR) is 125 cm³/mol. The van der Waals surface area contributed by atoms with Crippen LogP contribution in [0, 0.1) is 19.8 Å². The first kappa shape index (κ1) is 23.5. The Morgan fingerprint density at radius 2 is 1.78 bits per heavy atom. The van der Waals surface area contributed by atoms with Gasteiger partial charge < -0.3 is 10.6 Å². The van der Waals surface area contributed by atoms with Crippen LogP contribution >= 0.6 is 24.0 Å². The zero-order chi connectivity index (χ0) is 19.3. The number of rotatable bonds is 6. The molecule has 2 aromatic rings. The zero-order valence-corrected chi connectivity index (χ0v) is 20.0. The number of aliphatic imine (C=N–C) groups is 1. The number of aryl methyl sites for hydroxylation is 2. The van der Waals surface area contributed by atoms with Crippen LogP contribution in [-0.4, -0.2) is 22.8 Å². The Morgan fingerprint density at radius 3 is 2.26 bits per heavy atom. The number of halogens is 1. The molecule has 1 atom stereocenters. The summed E-state index contributed by atoms with van der Waals surface area (Å²) in [4.78, 5) is 4.36. The van der Waals surface area contributed by atoms with E-state index in [4.69, 9.17) is 0 Å². The van der Waals surface area contributed by atoms with Crippen molar-refractivity contribution in [3.05, 3.63) is 52.3 Å². The van der Waals surface area contributed by atoms with Gasteiger partial charge in [0, 0.05) is 31.9 Å². The first-order chi connectivity index (χ1) is 12.3. The minimum atomic E-state index is 0. The molecule has 5 nitrogen and oxygen atoms in total. The van der Waals surface area contributed by atoms with Crippen LogP contribution in [0.5, 0.6) is 0 Å². The molecule has 0 aliphatic carbocycles. The smallest absolute Gasteiger partial charge is 0.191 e. The second kappa shape index (κ2) is 10.7. The van der Waals surface area contributed by atoms with Crippen molar-refractivity contribution in [2.24, 2.45) is 18.0 Å². The molecular weight excluding hydrogens is 449 g/mol. The minimum Gasteiger partial charge on any atom is -0.352 e. The van der Waals surface area contributed by atoms with E-state index in [2.05, 4.69) is 72.7 Å². The molecule has 0 spiro atoms. The van der Waals surface area contributed by atoms with Gasteiger partial charge in [-0.3, -0.25) is 9.67 Å². The highest BCUT2D eigenvalue weighted by Gasteiger charge is 2.12. The molecule has 1 aromatic heterocycles. The average molecular weight is 483 g/mol. The SMILES string of the molecule is CN=C(NCc1c(C)nn(C)c1C)NC(C)c1ccc(CC(C)C)cc1.I. The summed E-state index contributed by atoms with van der Waals surface area (Å²) in [6.45, 7) is 11.5. The third-order valence-electron chi connectivity index (χ3n) is 4.79. The molecule has 1 aromatic carbocycles. The van der Waals surface area contributed by atoms with E-state index in [1.54, 1.807) is 7.05 Å². The maximum absolute atomic E-state index is 4.47. The number of aromatic nitrogens is 2. The van der Waals surface area contributed by atoms with Crippen molar-refractivity contribution in [3.63, 3.8) is 0 Å². The lowest BCUT2D eigenvalue weighted by Gasteiger charge is -2.19. The van der Waals surface area contributed by atoms with Crippen molar-refractivity contribution in [2.45, 2.75) is 53.6 Å². The lowest BCUT2D eigenvalue weighted by Crippen LogP contribution is -2.38. The van der Waals surface area contributed by atoms with Gasteiger partial charge in [-0.15, -0.1) is 24.0 Å². The van der Waals surface area contributed by atoms with Gasteiger partial charge in [-0.2, -0.15) is 5.10 Å². The third-order valence-corrected chi connectivity index (χ3v) is 4.79. The van der Waals surface area contributed by atoms with Crippen LogP contribution in [0.15, 0.2) is 29.3 Å². The van der Waals surface area contributed by atoms with Crippen LogP contribution in [-0.2, 0) is 20.0 Å². The van der Waals surface area contributed by atoms with E-state index < -0.39 is 0 Å². The normalized spacial score (nSPS) is 12.7. The highest BCUT2D eigenvalue weighted by atomic mass is 127. The van der Waals surface area contributed by atoms with E-state index in [-0.39, 0.29) is 30.0 Å². The molecule has 0 fully saturated rings. The molecule has 0 amide bonds. The van der Waals surface area contributed by atoms with Crippen molar-refractivity contribution in [1.82, 2.24) is 20.4 Å². The molecule has 2 N–H and O–H groups in total. The Balaban J connectivity index is 0.00000364. The molecule has 1 heterocycles. The molecule has 1 unspecified atom stereocenters. The van der Waals surface area contributed by atoms with Crippen LogP contribution < -0.4 is 10.6 Å². The van der Waals surface area contributed by atoms with Crippen LogP contribution in [0.4, 0.5) is 0 Å². The van der Waals surface area contributed by atoms with Crippen LogP contribution in [0.2, 0.25) is 0 Å². The summed E-state index contributed by atoms with van der Waals surface area (Å²) in [7, 11) is 3.78. The van der Waals surface area contributed by atoms with Gasteiger partial charge in [-0.1, -0.05) is 38.1 Å². The molecule has 6 heteroatoms. The molecule has 0 aliphatic rings. The minimum absolute atomic E-state index is 0. The summed E-state index contributed by atoms with van der Waals surface area (Å²) < 4.78 is 1.92. The average Bonchev–Trinajstić information content (AvgIpc) is 2.84. The summed E-state index contributed by atoms with van der Waals surface area (Å²) >= 11 is 0. The molecule has 0 saturated carbocycles. The van der Waals surface area contributed by atoms with E-state index >= 15 is 0 Å². The van der Waals surface area contributed by atoms with Crippen molar-refractivity contribution in [1.29, 1.82) is 0 Å². The summed E-state index contributed by atoms with van der Waals surface area (Å²) in [6, 6.07) is 9.05. The van der Waals surface area contributed by atoms with Crippen molar-refractivity contribution >= 4 is 29.9 Å². The lowest BCUT2D eigenvalue weighted by atomic mass is 10.00. The number of nitrogens with zero attached hydrogens (tertiary/aromatic N) is 3. The fourth-order valence-electron chi connectivity index (χ4n) is 3.14. The molecular formula is C21H34IN5. The zero-order valence-electron chi connectivity index (χ0n) is 17.6. The van der Waals surface area contributed by atoms with Gasteiger partial charge in [0.1, 0.15) is 0 Å². The second-order valence-electron chi connectivity index (χ2n) is 7.40. The Morgan fingerprint density at radius 1 is 1.15 bits per heavy atom.